The van der Waals surface area contributed by atoms with Gasteiger partial charge in [0.2, 0.25) is 0 Å². The van der Waals surface area contributed by atoms with Crippen molar-refractivity contribution in [2.24, 2.45) is 0 Å². The number of anilines is 1. The Labute approximate surface area is 172 Å². The van der Waals surface area contributed by atoms with Crippen LogP contribution in [0.1, 0.15) is 28.4 Å². The minimum Gasteiger partial charge on any atom is -0.469 e. The number of esters is 1. The van der Waals surface area contributed by atoms with Crippen LogP contribution >= 0.6 is 23.2 Å². The second kappa shape index (κ2) is 8.59. The third-order valence-electron chi connectivity index (χ3n) is 4.47. The van der Waals surface area contributed by atoms with E-state index in [0.717, 1.165) is 22.9 Å². The highest BCUT2D eigenvalue weighted by Gasteiger charge is 2.18. The van der Waals surface area contributed by atoms with Crippen molar-refractivity contribution < 1.29 is 14.3 Å². The van der Waals surface area contributed by atoms with Crippen molar-refractivity contribution in [1.29, 1.82) is 0 Å². The van der Waals surface area contributed by atoms with E-state index in [1.807, 2.05) is 13.0 Å². The molecule has 0 radical (unpaired) electrons. The van der Waals surface area contributed by atoms with Gasteiger partial charge in [-0.25, -0.2) is 0 Å². The predicted octanol–water partition coefficient (Wildman–Crippen LogP) is 5.07. The van der Waals surface area contributed by atoms with Crippen LogP contribution in [0.25, 0.3) is 10.9 Å². The van der Waals surface area contributed by atoms with E-state index in [4.69, 9.17) is 27.9 Å². The summed E-state index contributed by atoms with van der Waals surface area (Å²) < 4.78 is 4.82. The molecule has 1 N–H and O–H groups in total. The number of ether oxygens (including phenoxy) is 1. The van der Waals surface area contributed by atoms with Gasteiger partial charge >= 0.3 is 5.97 Å². The van der Waals surface area contributed by atoms with Crippen molar-refractivity contribution in [3.05, 3.63) is 69.3 Å². The molecule has 7 heteroatoms. The van der Waals surface area contributed by atoms with Gasteiger partial charge < -0.3 is 10.1 Å². The van der Waals surface area contributed by atoms with Crippen LogP contribution in [-0.2, 0) is 22.4 Å². The van der Waals surface area contributed by atoms with E-state index in [9.17, 15) is 9.59 Å². The maximum Gasteiger partial charge on any atom is 0.310 e. The Morgan fingerprint density at radius 2 is 1.79 bits per heavy atom. The summed E-state index contributed by atoms with van der Waals surface area (Å²) in [5.74, 6) is -0.765. The van der Waals surface area contributed by atoms with Crippen LogP contribution < -0.4 is 5.32 Å². The van der Waals surface area contributed by atoms with Crippen LogP contribution in [0.5, 0.6) is 0 Å². The zero-order valence-corrected chi connectivity index (χ0v) is 16.9. The molecule has 3 aromatic rings. The minimum atomic E-state index is -0.431. The zero-order chi connectivity index (χ0) is 20.3. The number of nitrogens with one attached hydrogen (secondary N) is 1. The number of pyridine rings is 1. The number of hydrogen-bond acceptors (Lipinski definition) is 4. The standard InChI is InChI=1S/C21H18Cl2N2O3/c1-3-12-11-24-20-13(14(12)10-18(26)28-2)6-4-9-17(20)25-21(27)19-15(22)7-5-8-16(19)23/h4-9,11H,3,10H2,1-2H3,(H,25,27). The van der Waals surface area contributed by atoms with Crippen molar-refractivity contribution in [3.8, 4) is 0 Å². The summed E-state index contributed by atoms with van der Waals surface area (Å²) in [4.78, 5) is 29.1. The predicted molar refractivity (Wildman–Crippen MR) is 111 cm³/mol. The number of rotatable bonds is 5. The monoisotopic (exact) mass is 416 g/mol. The number of carbonyl (C=O) groups excluding carboxylic acids is 2. The number of aryl methyl sites for hydroxylation is 1. The number of benzene rings is 2. The molecule has 0 atom stereocenters. The van der Waals surface area contributed by atoms with Crippen molar-refractivity contribution in [3.63, 3.8) is 0 Å². The Bertz CT molecular complexity index is 1050. The van der Waals surface area contributed by atoms with E-state index in [-0.39, 0.29) is 28.0 Å². The first-order valence-corrected chi connectivity index (χ1v) is 9.43. The third-order valence-corrected chi connectivity index (χ3v) is 5.10. The fourth-order valence-electron chi connectivity index (χ4n) is 3.05. The van der Waals surface area contributed by atoms with E-state index < -0.39 is 5.91 Å². The average Bonchev–Trinajstić information content (AvgIpc) is 2.68. The van der Waals surface area contributed by atoms with Gasteiger partial charge in [-0.3, -0.25) is 14.6 Å². The summed E-state index contributed by atoms with van der Waals surface area (Å²) in [7, 11) is 1.36. The fourth-order valence-corrected chi connectivity index (χ4v) is 3.62. The first kappa shape index (κ1) is 20.1. The van der Waals surface area contributed by atoms with Gasteiger partial charge in [0.05, 0.1) is 40.3 Å². The number of methoxy groups -OCH3 is 1. The summed E-state index contributed by atoms with van der Waals surface area (Å²) >= 11 is 12.3. The van der Waals surface area contributed by atoms with Gasteiger partial charge in [0, 0.05) is 11.6 Å². The Morgan fingerprint density at radius 1 is 1.11 bits per heavy atom. The Morgan fingerprint density at radius 3 is 2.43 bits per heavy atom. The molecule has 28 heavy (non-hydrogen) atoms. The molecule has 0 saturated carbocycles. The maximum atomic E-state index is 12.7. The molecule has 0 spiro atoms. The van der Waals surface area contributed by atoms with Crippen molar-refractivity contribution >= 4 is 51.7 Å². The molecule has 1 heterocycles. The van der Waals surface area contributed by atoms with E-state index in [2.05, 4.69) is 10.3 Å². The number of halogens is 2. The van der Waals surface area contributed by atoms with E-state index >= 15 is 0 Å². The molecule has 0 aliphatic heterocycles. The number of fused-ring (bicyclic) bond motifs is 1. The summed E-state index contributed by atoms with van der Waals surface area (Å²) in [6, 6.07) is 10.3. The smallest absolute Gasteiger partial charge is 0.310 e. The van der Waals surface area contributed by atoms with Crippen LogP contribution in [0.15, 0.2) is 42.6 Å². The highest BCUT2D eigenvalue weighted by molar-refractivity contribution is 6.40. The molecule has 0 fully saturated rings. The molecule has 0 aliphatic rings. The lowest BCUT2D eigenvalue weighted by Crippen LogP contribution is -2.14. The lowest BCUT2D eigenvalue weighted by Gasteiger charge is -2.14. The van der Waals surface area contributed by atoms with Gasteiger partial charge in [-0.05, 0) is 35.7 Å². The first-order chi connectivity index (χ1) is 13.5. The lowest BCUT2D eigenvalue weighted by molar-refractivity contribution is -0.139. The number of aromatic nitrogens is 1. The van der Waals surface area contributed by atoms with Gasteiger partial charge in [-0.2, -0.15) is 0 Å². The Hall–Kier alpha value is -2.63. The maximum absolute atomic E-state index is 12.7. The number of nitrogens with zero attached hydrogens (tertiary/aromatic N) is 1. The molecule has 1 aromatic heterocycles. The lowest BCUT2D eigenvalue weighted by atomic mass is 9.98. The molecule has 0 aliphatic carbocycles. The van der Waals surface area contributed by atoms with Gasteiger partial charge in [-0.15, -0.1) is 0 Å². The van der Waals surface area contributed by atoms with Crippen LogP contribution in [0.3, 0.4) is 0 Å². The van der Waals surface area contributed by atoms with E-state index in [1.54, 1.807) is 36.5 Å². The van der Waals surface area contributed by atoms with Gasteiger partial charge in [0.1, 0.15) is 0 Å². The number of amides is 1. The van der Waals surface area contributed by atoms with Crippen molar-refractivity contribution in [2.75, 3.05) is 12.4 Å². The fraction of sp³-hybridized carbons (Fsp3) is 0.190. The highest BCUT2D eigenvalue weighted by atomic mass is 35.5. The molecule has 2 aromatic carbocycles. The molecule has 0 unspecified atom stereocenters. The van der Waals surface area contributed by atoms with Crippen molar-refractivity contribution in [2.45, 2.75) is 19.8 Å². The van der Waals surface area contributed by atoms with Gasteiger partial charge in [0.15, 0.2) is 0 Å². The van der Waals surface area contributed by atoms with Gasteiger partial charge in [0.25, 0.3) is 5.91 Å². The molecule has 5 nitrogen and oxygen atoms in total. The molecular formula is C21H18Cl2N2O3. The highest BCUT2D eigenvalue weighted by Crippen LogP contribution is 2.30. The number of carbonyl (C=O) groups is 2. The summed E-state index contributed by atoms with van der Waals surface area (Å²) in [5.41, 5.74) is 3.08. The Balaban J connectivity index is 2.07. The van der Waals surface area contributed by atoms with Gasteiger partial charge in [-0.1, -0.05) is 48.3 Å². The second-order valence-corrected chi connectivity index (χ2v) is 6.94. The largest absolute Gasteiger partial charge is 0.469 e. The second-order valence-electron chi connectivity index (χ2n) is 6.12. The average molecular weight is 417 g/mol. The van der Waals surface area contributed by atoms with Crippen LogP contribution in [-0.4, -0.2) is 24.0 Å². The molecule has 1 amide bonds. The van der Waals surface area contributed by atoms with Crippen LogP contribution in [0.2, 0.25) is 10.0 Å². The third kappa shape index (κ3) is 3.96. The summed E-state index contributed by atoms with van der Waals surface area (Å²) in [6.45, 7) is 1.99. The van der Waals surface area contributed by atoms with E-state index in [1.165, 1.54) is 7.11 Å². The molecule has 3 rings (SSSR count). The number of hydrogen-bond donors (Lipinski definition) is 1. The molecule has 144 valence electrons. The quantitative estimate of drug-likeness (QED) is 0.589. The van der Waals surface area contributed by atoms with Crippen LogP contribution in [0.4, 0.5) is 5.69 Å². The summed E-state index contributed by atoms with van der Waals surface area (Å²) in [6.07, 6.45) is 2.58. The SMILES string of the molecule is CCc1cnc2c(NC(=O)c3c(Cl)cccc3Cl)cccc2c1CC(=O)OC. The molecule has 0 bridgehead atoms. The molecular weight excluding hydrogens is 399 g/mol. The Kier molecular flexibility index (Phi) is 6.17. The molecule has 0 saturated heterocycles. The topological polar surface area (TPSA) is 68.3 Å². The summed E-state index contributed by atoms with van der Waals surface area (Å²) in [5, 5.41) is 4.14. The minimum absolute atomic E-state index is 0.131. The van der Waals surface area contributed by atoms with Crippen LogP contribution in [0, 0.1) is 0 Å². The van der Waals surface area contributed by atoms with Crippen molar-refractivity contribution in [1.82, 2.24) is 4.98 Å². The zero-order valence-electron chi connectivity index (χ0n) is 15.4. The number of para-hydroxylation sites is 1. The normalized spacial score (nSPS) is 10.7. The van der Waals surface area contributed by atoms with E-state index in [0.29, 0.717) is 11.2 Å². The first-order valence-electron chi connectivity index (χ1n) is 8.67.